The highest BCUT2D eigenvalue weighted by Gasteiger charge is 2.50. The van der Waals surface area contributed by atoms with E-state index in [1.54, 1.807) is 6.92 Å². The van der Waals surface area contributed by atoms with Gasteiger partial charge in [0.1, 0.15) is 23.1 Å². The summed E-state index contributed by atoms with van der Waals surface area (Å²) in [5.41, 5.74) is -1.18. The molecule has 1 aromatic carbocycles. The minimum atomic E-state index is -1.31. The molecule has 0 fully saturated rings. The molecule has 1 aliphatic rings. The van der Waals surface area contributed by atoms with E-state index in [9.17, 15) is 18.8 Å². The molecule has 0 amide bonds. The van der Waals surface area contributed by atoms with Crippen LogP contribution in [0.4, 0.5) is 4.39 Å². The van der Waals surface area contributed by atoms with Crippen LogP contribution in [0.2, 0.25) is 0 Å². The van der Waals surface area contributed by atoms with E-state index in [0.29, 0.717) is 0 Å². The summed E-state index contributed by atoms with van der Waals surface area (Å²) < 4.78 is 23.4. The van der Waals surface area contributed by atoms with Gasteiger partial charge in [0.05, 0.1) is 12.2 Å². The number of fused-ring (bicyclic) bond motifs is 1. The lowest BCUT2D eigenvalue weighted by Gasteiger charge is -2.37. The minimum Gasteiger partial charge on any atom is -0.486 e. The predicted octanol–water partition coefficient (Wildman–Crippen LogP) is 1.93. The van der Waals surface area contributed by atoms with Gasteiger partial charge in [0.25, 0.3) is 5.78 Å². The Hall–Kier alpha value is -2.24. The molecule has 0 aromatic heterocycles. The lowest BCUT2D eigenvalue weighted by Crippen LogP contribution is -2.52. The fourth-order valence-corrected chi connectivity index (χ4v) is 2.35. The Balaban J connectivity index is 2.43. The predicted molar refractivity (Wildman–Crippen MR) is 70.6 cm³/mol. The number of hydrogen-bond acceptors (Lipinski definition) is 5. The van der Waals surface area contributed by atoms with Gasteiger partial charge < -0.3 is 9.47 Å². The second kappa shape index (κ2) is 5.27. The van der Waals surface area contributed by atoms with Gasteiger partial charge in [0, 0.05) is 6.07 Å². The second-order valence-electron chi connectivity index (χ2n) is 5.23. The summed E-state index contributed by atoms with van der Waals surface area (Å²) in [6.45, 7) is 4.60. The SMILES string of the molecule is CCOC(=O)C(=O)C1C(=O)c2ccc(F)cc2OC1(C)C. The van der Waals surface area contributed by atoms with Crippen molar-refractivity contribution in [2.45, 2.75) is 26.4 Å². The van der Waals surface area contributed by atoms with Crippen LogP contribution in [0.15, 0.2) is 18.2 Å². The summed E-state index contributed by atoms with van der Waals surface area (Å²) in [5, 5.41) is 0. The van der Waals surface area contributed by atoms with Crippen LogP contribution in [0, 0.1) is 11.7 Å². The third-order valence-corrected chi connectivity index (χ3v) is 3.28. The molecule has 21 heavy (non-hydrogen) atoms. The molecule has 1 aliphatic heterocycles. The third-order valence-electron chi connectivity index (χ3n) is 3.28. The van der Waals surface area contributed by atoms with Crippen molar-refractivity contribution in [3.05, 3.63) is 29.6 Å². The number of hydrogen-bond donors (Lipinski definition) is 0. The van der Waals surface area contributed by atoms with Crippen molar-refractivity contribution in [2.24, 2.45) is 5.92 Å². The van der Waals surface area contributed by atoms with Crippen molar-refractivity contribution < 1.29 is 28.2 Å². The zero-order valence-electron chi connectivity index (χ0n) is 11.9. The number of carbonyl (C=O) groups excluding carboxylic acids is 3. The van der Waals surface area contributed by atoms with Crippen LogP contribution in [0.5, 0.6) is 5.75 Å². The molecule has 1 unspecified atom stereocenters. The molecule has 2 rings (SSSR count). The number of ether oxygens (including phenoxy) is 2. The molecule has 1 atom stereocenters. The zero-order valence-corrected chi connectivity index (χ0v) is 11.9. The van der Waals surface area contributed by atoms with Crippen molar-refractivity contribution in [3.63, 3.8) is 0 Å². The van der Waals surface area contributed by atoms with Crippen molar-refractivity contribution in [1.82, 2.24) is 0 Å². The van der Waals surface area contributed by atoms with Gasteiger partial charge in [-0.1, -0.05) is 0 Å². The van der Waals surface area contributed by atoms with E-state index >= 15 is 0 Å². The van der Waals surface area contributed by atoms with E-state index in [2.05, 4.69) is 4.74 Å². The Kier molecular flexibility index (Phi) is 3.80. The first-order valence-electron chi connectivity index (χ1n) is 6.51. The zero-order chi connectivity index (χ0) is 15.8. The van der Waals surface area contributed by atoms with Gasteiger partial charge in [0.15, 0.2) is 5.78 Å². The van der Waals surface area contributed by atoms with Gasteiger partial charge in [-0.25, -0.2) is 9.18 Å². The molecule has 112 valence electrons. The van der Waals surface area contributed by atoms with E-state index in [4.69, 9.17) is 4.74 Å². The molecule has 0 aliphatic carbocycles. The van der Waals surface area contributed by atoms with Crippen LogP contribution >= 0.6 is 0 Å². The third kappa shape index (κ3) is 2.66. The minimum absolute atomic E-state index is 0.0363. The molecule has 0 saturated carbocycles. The van der Waals surface area contributed by atoms with Crippen molar-refractivity contribution >= 4 is 17.5 Å². The first kappa shape index (κ1) is 15.2. The van der Waals surface area contributed by atoms with Crippen molar-refractivity contribution in [3.8, 4) is 5.75 Å². The maximum Gasteiger partial charge on any atom is 0.375 e. The maximum atomic E-state index is 13.2. The Morgan fingerprint density at radius 3 is 2.67 bits per heavy atom. The topological polar surface area (TPSA) is 69.7 Å². The lowest BCUT2D eigenvalue weighted by atomic mass is 9.78. The van der Waals surface area contributed by atoms with Crippen molar-refractivity contribution in [2.75, 3.05) is 6.61 Å². The smallest absolute Gasteiger partial charge is 0.375 e. The average molecular weight is 294 g/mol. The summed E-state index contributed by atoms with van der Waals surface area (Å²) in [4.78, 5) is 36.2. The highest BCUT2D eigenvalue weighted by atomic mass is 19.1. The van der Waals surface area contributed by atoms with Gasteiger partial charge in [-0.15, -0.1) is 0 Å². The number of esters is 1. The molecule has 6 heteroatoms. The standard InChI is InChI=1S/C15H15FO5/c1-4-20-14(19)13(18)11-12(17)9-6-5-8(16)7-10(9)21-15(11,2)3/h5-7,11H,4H2,1-3H3. The average Bonchev–Trinajstić information content (AvgIpc) is 2.37. The van der Waals surface area contributed by atoms with E-state index in [1.807, 2.05) is 0 Å². The molecule has 1 aromatic rings. The summed E-state index contributed by atoms with van der Waals surface area (Å²) >= 11 is 0. The molecule has 1 heterocycles. The van der Waals surface area contributed by atoms with Crippen LogP contribution in [-0.2, 0) is 14.3 Å². The molecule has 0 saturated heterocycles. The van der Waals surface area contributed by atoms with Crippen LogP contribution in [0.25, 0.3) is 0 Å². The molecule has 0 bridgehead atoms. The Morgan fingerprint density at radius 2 is 2.05 bits per heavy atom. The van der Waals surface area contributed by atoms with E-state index in [1.165, 1.54) is 19.9 Å². The largest absolute Gasteiger partial charge is 0.486 e. The maximum absolute atomic E-state index is 13.2. The van der Waals surface area contributed by atoms with Crippen LogP contribution in [-0.4, -0.2) is 29.7 Å². The monoisotopic (exact) mass is 294 g/mol. The number of benzene rings is 1. The fourth-order valence-electron chi connectivity index (χ4n) is 2.35. The number of carbonyl (C=O) groups is 3. The lowest BCUT2D eigenvalue weighted by molar-refractivity contribution is -0.157. The van der Waals surface area contributed by atoms with Crippen LogP contribution in [0.3, 0.4) is 0 Å². The quantitative estimate of drug-likeness (QED) is 0.484. The van der Waals surface area contributed by atoms with Gasteiger partial charge in [0.2, 0.25) is 0 Å². The highest BCUT2D eigenvalue weighted by Crippen LogP contribution is 2.37. The van der Waals surface area contributed by atoms with Gasteiger partial charge >= 0.3 is 5.97 Å². The Labute approximate surface area is 121 Å². The highest BCUT2D eigenvalue weighted by molar-refractivity contribution is 6.40. The molecule has 0 spiro atoms. The molecular formula is C15H15FO5. The number of rotatable bonds is 3. The molecule has 0 radical (unpaired) electrons. The van der Waals surface area contributed by atoms with E-state index in [0.717, 1.165) is 12.1 Å². The number of Topliss-reactive ketones (excluding diaryl/α,β-unsaturated/α-hetero) is 2. The van der Waals surface area contributed by atoms with Gasteiger partial charge in [-0.3, -0.25) is 9.59 Å². The summed E-state index contributed by atoms with van der Waals surface area (Å²) in [7, 11) is 0. The second-order valence-corrected chi connectivity index (χ2v) is 5.23. The van der Waals surface area contributed by atoms with Crippen LogP contribution < -0.4 is 4.74 Å². The van der Waals surface area contributed by atoms with Gasteiger partial charge in [-0.05, 0) is 32.9 Å². The molecular weight excluding hydrogens is 279 g/mol. The first-order chi connectivity index (χ1) is 9.77. The summed E-state index contributed by atoms with van der Waals surface area (Å²) in [5.74, 6) is -4.39. The van der Waals surface area contributed by atoms with Crippen LogP contribution in [0.1, 0.15) is 31.1 Å². The van der Waals surface area contributed by atoms with E-state index in [-0.39, 0.29) is 17.9 Å². The number of halogens is 1. The molecule has 5 nitrogen and oxygen atoms in total. The van der Waals surface area contributed by atoms with Gasteiger partial charge in [-0.2, -0.15) is 0 Å². The summed E-state index contributed by atoms with van der Waals surface area (Å²) in [6.07, 6.45) is 0. The Bertz CT molecular complexity index is 620. The normalized spacial score (nSPS) is 19.4. The summed E-state index contributed by atoms with van der Waals surface area (Å²) in [6, 6.07) is 3.43. The van der Waals surface area contributed by atoms with Crippen molar-refractivity contribution in [1.29, 1.82) is 0 Å². The Morgan fingerprint density at radius 1 is 1.38 bits per heavy atom. The first-order valence-corrected chi connectivity index (χ1v) is 6.51. The van der Waals surface area contributed by atoms with E-state index < -0.39 is 34.9 Å². The molecule has 0 N–H and O–H groups in total. The number of ketones is 2. The fraction of sp³-hybridized carbons (Fsp3) is 0.400.